The molecule has 1 fully saturated rings. The molecule has 1 aromatic rings. The van der Waals surface area contributed by atoms with Gasteiger partial charge in [-0.2, -0.15) is 0 Å². The lowest BCUT2D eigenvalue weighted by Crippen LogP contribution is -2.48. The summed E-state index contributed by atoms with van der Waals surface area (Å²) in [7, 11) is -3.69. The van der Waals surface area contributed by atoms with E-state index in [1.807, 2.05) is 0 Å². The lowest BCUT2D eigenvalue weighted by atomic mass is 10.0. The van der Waals surface area contributed by atoms with Gasteiger partial charge in [0, 0.05) is 11.4 Å². The zero-order valence-electron chi connectivity index (χ0n) is 11.7. The number of halogens is 2. The quantitative estimate of drug-likeness (QED) is 0.866. The van der Waals surface area contributed by atoms with E-state index < -0.39 is 21.4 Å². The third-order valence-corrected chi connectivity index (χ3v) is 6.26. The van der Waals surface area contributed by atoms with Crippen LogP contribution in [0.3, 0.4) is 0 Å². The fourth-order valence-electron chi connectivity index (χ4n) is 2.97. The standard InChI is InChI=1S/C14H19ClFNO2S/c1-10-7-12(16)8-11(2)13(10)20(18,19)17-14(9-15)5-3-4-6-14/h7-8,17H,3-6,9H2,1-2H3. The Morgan fingerprint density at radius 1 is 1.25 bits per heavy atom. The maximum atomic E-state index is 13.3. The first kappa shape index (κ1) is 15.7. The minimum absolute atomic E-state index is 0.162. The average molecular weight is 320 g/mol. The largest absolute Gasteiger partial charge is 0.241 e. The zero-order chi connectivity index (χ0) is 15.0. The van der Waals surface area contributed by atoms with Gasteiger partial charge in [-0.15, -0.1) is 11.6 Å². The highest BCUT2D eigenvalue weighted by Crippen LogP contribution is 2.33. The van der Waals surface area contributed by atoms with Gasteiger partial charge in [0.15, 0.2) is 0 Å². The summed E-state index contributed by atoms with van der Waals surface area (Å²) in [5.74, 6) is -0.169. The van der Waals surface area contributed by atoms with Crippen molar-refractivity contribution in [2.45, 2.75) is 50.0 Å². The van der Waals surface area contributed by atoms with Gasteiger partial charge in [-0.3, -0.25) is 0 Å². The van der Waals surface area contributed by atoms with Gasteiger partial charge in [-0.25, -0.2) is 17.5 Å². The molecule has 2 rings (SSSR count). The first-order valence-electron chi connectivity index (χ1n) is 6.66. The molecule has 0 amide bonds. The number of sulfonamides is 1. The smallest absolute Gasteiger partial charge is 0.207 e. The lowest BCUT2D eigenvalue weighted by Gasteiger charge is -2.28. The third kappa shape index (κ3) is 3.00. The SMILES string of the molecule is Cc1cc(F)cc(C)c1S(=O)(=O)NC1(CCl)CCCC1. The molecule has 1 saturated carbocycles. The Labute approximate surface area is 124 Å². The van der Waals surface area contributed by atoms with Gasteiger partial charge in [0.05, 0.1) is 4.90 Å². The molecule has 3 nitrogen and oxygen atoms in total. The average Bonchev–Trinajstić information content (AvgIpc) is 2.75. The number of alkyl halides is 1. The summed E-state index contributed by atoms with van der Waals surface area (Å²) in [5, 5.41) is 0. The van der Waals surface area contributed by atoms with Crippen molar-refractivity contribution >= 4 is 21.6 Å². The van der Waals surface area contributed by atoms with Gasteiger partial charge in [-0.05, 0) is 49.9 Å². The van der Waals surface area contributed by atoms with Crippen molar-refractivity contribution in [3.05, 3.63) is 29.1 Å². The molecule has 0 aliphatic heterocycles. The fourth-order valence-corrected chi connectivity index (χ4v) is 5.30. The summed E-state index contributed by atoms with van der Waals surface area (Å²) < 4.78 is 41.3. The van der Waals surface area contributed by atoms with E-state index in [9.17, 15) is 12.8 Å². The van der Waals surface area contributed by atoms with Crippen LogP contribution in [0.25, 0.3) is 0 Å². The second-order valence-electron chi connectivity index (χ2n) is 5.60. The Kier molecular flexibility index (Phi) is 4.42. The highest BCUT2D eigenvalue weighted by molar-refractivity contribution is 7.89. The van der Waals surface area contributed by atoms with Crippen molar-refractivity contribution in [2.75, 3.05) is 5.88 Å². The van der Waals surface area contributed by atoms with Crippen LogP contribution >= 0.6 is 11.6 Å². The molecule has 0 unspecified atom stereocenters. The number of benzene rings is 1. The van der Waals surface area contributed by atoms with Gasteiger partial charge in [0.2, 0.25) is 10.0 Å². The van der Waals surface area contributed by atoms with Crippen LogP contribution in [0.4, 0.5) is 4.39 Å². The fraction of sp³-hybridized carbons (Fsp3) is 0.571. The Balaban J connectivity index is 2.41. The van der Waals surface area contributed by atoms with Crippen molar-refractivity contribution in [3.8, 4) is 0 Å². The molecule has 1 aliphatic carbocycles. The summed E-state index contributed by atoms with van der Waals surface area (Å²) in [6.45, 7) is 3.21. The summed E-state index contributed by atoms with van der Waals surface area (Å²) in [6.07, 6.45) is 3.43. The molecule has 1 aromatic carbocycles. The van der Waals surface area contributed by atoms with E-state index in [2.05, 4.69) is 4.72 Å². The molecule has 0 heterocycles. The Morgan fingerprint density at radius 3 is 2.20 bits per heavy atom. The highest BCUT2D eigenvalue weighted by Gasteiger charge is 2.38. The van der Waals surface area contributed by atoms with Gasteiger partial charge in [0.25, 0.3) is 0 Å². The van der Waals surface area contributed by atoms with Crippen molar-refractivity contribution in [2.24, 2.45) is 0 Å². The third-order valence-electron chi connectivity index (χ3n) is 3.86. The molecule has 0 aromatic heterocycles. The summed E-state index contributed by atoms with van der Waals surface area (Å²) >= 11 is 5.98. The van der Waals surface area contributed by atoms with Crippen LogP contribution in [0.5, 0.6) is 0 Å². The van der Waals surface area contributed by atoms with Crippen LogP contribution in [0.1, 0.15) is 36.8 Å². The monoisotopic (exact) mass is 319 g/mol. The first-order valence-corrected chi connectivity index (χ1v) is 8.68. The topological polar surface area (TPSA) is 46.2 Å². The van der Waals surface area contributed by atoms with Crippen LogP contribution < -0.4 is 4.72 Å². The molecule has 0 spiro atoms. The molecule has 1 aliphatic rings. The summed E-state index contributed by atoms with van der Waals surface area (Å²) in [5.41, 5.74) is 0.267. The summed E-state index contributed by atoms with van der Waals surface area (Å²) in [4.78, 5) is 0.162. The van der Waals surface area contributed by atoms with Gasteiger partial charge >= 0.3 is 0 Å². The van der Waals surface area contributed by atoms with E-state index in [-0.39, 0.29) is 10.8 Å². The van der Waals surface area contributed by atoms with Gasteiger partial charge < -0.3 is 0 Å². The molecular weight excluding hydrogens is 301 g/mol. The molecule has 0 saturated heterocycles. The number of aryl methyl sites for hydroxylation is 2. The zero-order valence-corrected chi connectivity index (χ0v) is 13.2. The van der Waals surface area contributed by atoms with E-state index in [0.717, 1.165) is 25.7 Å². The van der Waals surface area contributed by atoms with E-state index in [1.54, 1.807) is 13.8 Å². The minimum atomic E-state index is -3.69. The molecular formula is C14H19ClFNO2S. The van der Waals surface area contributed by atoms with Crippen molar-refractivity contribution < 1.29 is 12.8 Å². The maximum Gasteiger partial charge on any atom is 0.241 e. The number of hydrogen-bond acceptors (Lipinski definition) is 2. The second kappa shape index (κ2) is 5.62. The number of hydrogen-bond donors (Lipinski definition) is 1. The predicted octanol–water partition coefficient (Wildman–Crippen LogP) is 3.27. The number of nitrogens with one attached hydrogen (secondary N) is 1. The highest BCUT2D eigenvalue weighted by atomic mass is 35.5. The lowest BCUT2D eigenvalue weighted by molar-refractivity contribution is 0.432. The second-order valence-corrected chi connectivity index (χ2v) is 7.48. The van der Waals surface area contributed by atoms with Crippen LogP contribution in [0.15, 0.2) is 17.0 Å². The van der Waals surface area contributed by atoms with E-state index in [0.29, 0.717) is 11.1 Å². The van der Waals surface area contributed by atoms with Crippen LogP contribution in [0, 0.1) is 19.7 Å². The van der Waals surface area contributed by atoms with Crippen molar-refractivity contribution in [3.63, 3.8) is 0 Å². The molecule has 0 atom stereocenters. The van der Waals surface area contributed by atoms with Gasteiger partial charge in [-0.1, -0.05) is 12.8 Å². The van der Waals surface area contributed by atoms with E-state index >= 15 is 0 Å². The van der Waals surface area contributed by atoms with Crippen molar-refractivity contribution in [1.29, 1.82) is 0 Å². The Bertz CT molecular complexity index is 587. The molecule has 6 heteroatoms. The first-order chi connectivity index (χ1) is 9.30. The van der Waals surface area contributed by atoms with E-state index in [1.165, 1.54) is 12.1 Å². The maximum absolute atomic E-state index is 13.3. The van der Waals surface area contributed by atoms with Crippen LogP contribution in [-0.2, 0) is 10.0 Å². The minimum Gasteiger partial charge on any atom is -0.207 e. The van der Waals surface area contributed by atoms with E-state index in [4.69, 9.17) is 11.6 Å². The predicted molar refractivity (Wildman–Crippen MR) is 78.1 cm³/mol. The summed E-state index contributed by atoms with van der Waals surface area (Å²) in [6, 6.07) is 2.48. The number of rotatable bonds is 4. The molecule has 20 heavy (non-hydrogen) atoms. The molecule has 0 bridgehead atoms. The molecule has 112 valence electrons. The van der Waals surface area contributed by atoms with Gasteiger partial charge in [0.1, 0.15) is 5.82 Å². The van der Waals surface area contributed by atoms with Crippen LogP contribution in [-0.4, -0.2) is 19.8 Å². The van der Waals surface area contributed by atoms with Crippen LogP contribution in [0.2, 0.25) is 0 Å². The molecule has 0 radical (unpaired) electrons. The van der Waals surface area contributed by atoms with Crippen molar-refractivity contribution in [1.82, 2.24) is 4.72 Å². The Hall–Kier alpha value is -0.650. The Morgan fingerprint density at radius 2 is 1.75 bits per heavy atom. The normalized spacial score (nSPS) is 18.4. The molecule has 1 N–H and O–H groups in total.